The van der Waals surface area contributed by atoms with E-state index in [1.165, 1.54) is 13.0 Å². The number of halogens is 2. The van der Waals surface area contributed by atoms with E-state index in [1.807, 2.05) is 13.0 Å². The first kappa shape index (κ1) is 23.7. The van der Waals surface area contributed by atoms with Crippen molar-refractivity contribution in [2.75, 3.05) is 7.11 Å². The highest BCUT2D eigenvalue weighted by Crippen LogP contribution is 2.33. The summed E-state index contributed by atoms with van der Waals surface area (Å²) >= 11 is 12.0. The molecule has 1 atom stereocenters. The van der Waals surface area contributed by atoms with Gasteiger partial charge in [0.15, 0.2) is 11.9 Å². The zero-order valence-corrected chi connectivity index (χ0v) is 20.1. The molecule has 0 N–H and O–H groups in total. The molecular weight excluding hydrogens is 479 g/mol. The minimum absolute atomic E-state index is 0.120. The van der Waals surface area contributed by atoms with Crippen LogP contribution < -0.4 is 19.6 Å². The van der Waals surface area contributed by atoms with E-state index in [9.17, 15) is 9.59 Å². The maximum absolute atomic E-state index is 13.4. The van der Waals surface area contributed by atoms with Crippen molar-refractivity contribution in [3.63, 3.8) is 0 Å². The second-order valence-corrected chi connectivity index (χ2v) is 8.42. The summed E-state index contributed by atoms with van der Waals surface area (Å²) in [4.78, 5) is 26.3. The van der Waals surface area contributed by atoms with Gasteiger partial charge in [-0.15, -0.1) is 0 Å². The molecule has 0 saturated carbocycles. The number of rotatable bonds is 6. The number of benzene rings is 3. The Morgan fingerprint density at radius 2 is 1.74 bits per heavy atom. The highest BCUT2D eigenvalue weighted by atomic mass is 35.5. The number of hydrogen-bond donors (Lipinski definition) is 0. The molecule has 1 heterocycles. The summed E-state index contributed by atoms with van der Waals surface area (Å²) in [6.07, 6.45) is -1.07. The van der Waals surface area contributed by atoms with Crippen LogP contribution in [0.4, 0.5) is 0 Å². The minimum atomic E-state index is -1.07. The number of methoxy groups -OCH3 is 1. The van der Waals surface area contributed by atoms with Crippen LogP contribution in [0.25, 0.3) is 22.3 Å². The van der Waals surface area contributed by atoms with Crippen molar-refractivity contribution in [3.8, 4) is 28.6 Å². The van der Waals surface area contributed by atoms with Gasteiger partial charge in [0.05, 0.1) is 17.5 Å². The first-order valence-corrected chi connectivity index (χ1v) is 11.1. The van der Waals surface area contributed by atoms with Crippen LogP contribution in [0, 0.1) is 6.92 Å². The van der Waals surface area contributed by atoms with E-state index in [1.54, 1.807) is 55.6 Å². The number of carbonyl (C=O) groups is 1. The van der Waals surface area contributed by atoms with Crippen molar-refractivity contribution in [1.29, 1.82) is 0 Å². The number of esters is 1. The molecule has 0 aliphatic carbocycles. The lowest BCUT2D eigenvalue weighted by molar-refractivity contribution is -0.141. The molecule has 0 bridgehead atoms. The van der Waals surface area contributed by atoms with Gasteiger partial charge in [-0.2, -0.15) is 0 Å². The summed E-state index contributed by atoms with van der Waals surface area (Å²) in [5.41, 5.74) is 1.31. The van der Waals surface area contributed by atoms with Crippen LogP contribution in [0.5, 0.6) is 17.2 Å². The van der Waals surface area contributed by atoms with Gasteiger partial charge in [0, 0.05) is 10.6 Å². The Hall–Kier alpha value is -3.48. The van der Waals surface area contributed by atoms with Gasteiger partial charge < -0.3 is 18.6 Å². The van der Waals surface area contributed by atoms with E-state index >= 15 is 0 Å². The number of hydrogen-bond acceptors (Lipinski definition) is 6. The summed E-state index contributed by atoms with van der Waals surface area (Å²) in [6, 6.07) is 16.7. The second-order valence-electron chi connectivity index (χ2n) is 7.57. The first-order chi connectivity index (χ1) is 16.3. The molecule has 34 heavy (non-hydrogen) atoms. The van der Waals surface area contributed by atoms with Crippen molar-refractivity contribution in [1.82, 2.24) is 0 Å². The number of ether oxygens (including phenoxy) is 3. The van der Waals surface area contributed by atoms with Crippen LogP contribution in [-0.2, 0) is 4.79 Å². The van der Waals surface area contributed by atoms with E-state index < -0.39 is 17.5 Å². The Balaban J connectivity index is 1.74. The third kappa shape index (κ3) is 4.88. The summed E-state index contributed by atoms with van der Waals surface area (Å²) in [5.74, 6) is -0.0185. The van der Waals surface area contributed by atoms with E-state index in [4.69, 9.17) is 41.8 Å². The van der Waals surface area contributed by atoms with Gasteiger partial charge >= 0.3 is 5.97 Å². The number of carbonyl (C=O) groups excluding carboxylic acids is 1. The van der Waals surface area contributed by atoms with Crippen molar-refractivity contribution < 1.29 is 23.4 Å². The summed E-state index contributed by atoms with van der Waals surface area (Å²) in [6.45, 7) is 3.35. The van der Waals surface area contributed by atoms with Gasteiger partial charge in [-0.3, -0.25) is 4.79 Å². The van der Waals surface area contributed by atoms with Gasteiger partial charge in [-0.25, -0.2) is 4.79 Å². The average molecular weight is 499 g/mol. The SMILES string of the molecule is COc1ccc(-c2oc3ccc(C)cc3c(=O)c2OC(=O)C(C)Oc2ccc(Cl)cc2Cl)cc1. The Morgan fingerprint density at radius 3 is 2.41 bits per heavy atom. The second kappa shape index (κ2) is 9.79. The van der Waals surface area contributed by atoms with Gasteiger partial charge in [-0.05, 0) is 68.4 Å². The lowest BCUT2D eigenvalue weighted by Crippen LogP contribution is -2.30. The Labute approximate surface area is 205 Å². The summed E-state index contributed by atoms with van der Waals surface area (Å²) < 4.78 is 22.4. The van der Waals surface area contributed by atoms with Gasteiger partial charge in [-0.1, -0.05) is 34.8 Å². The van der Waals surface area contributed by atoms with Crippen LogP contribution in [0.1, 0.15) is 12.5 Å². The normalized spacial score (nSPS) is 11.8. The summed E-state index contributed by atoms with van der Waals surface area (Å²) in [5, 5.41) is 0.974. The molecule has 0 spiro atoms. The first-order valence-electron chi connectivity index (χ1n) is 10.3. The molecule has 4 aromatic rings. The minimum Gasteiger partial charge on any atom is -0.497 e. The smallest absolute Gasteiger partial charge is 0.352 e. The zero-order chi connectivity index (χ0) is 24.4. The van der Waals surface area contributed by atoms with E-state index in [-0.39, 0.29) is 22.3 Å². The molecular formula is C26H20Cl2O6. The molecule has 0 aliphatic rings. The molecule has 0 fully saturated rings. The molecule has 0 saturated heterocycles. The maximum atomic E-state index is 13.4. The Kier molecular flexibility index (Phi) is 6.82. The van der Waals surface area contributed by atoms with Crippen molar-refractivity contribution in [2.45, 2.75) is 20.0 Å². The molecule has 0 amide bonds. The third-order valence-corrected chi connectivity index (χ3v) is 5.62. The molecule has 1 unspecified atom stereocenters. The summed E-state index contributed by atoms with van der Waals surface area (Å²) in [7, 11) is 1.55. The van der Waals surface area contributed by atoms with Crippen molar-refractivity contribution in [2.24, 2.45) is 0 Å². The molecule has 6 nitrogen and oxygen atoms in total. The molecule has 0 aliphatic heterocycles. The molecule has 4 rings (SSSR count). The Bertz CT molecular complexity index is 1430. The highest BCUT2D eigenvalue weighted by molar-refractivity contribution is 6.35. The monoisotopic (exact) mass is 498 g/mol. The number of fused-ring (bicyclic) bond motifs is 1. The topological polar surface area (TPSA) is 75.0 Å². The van der Waals surface area contributed by atoms with Crippen molar-refractivity contribution in [3.05, 3.63) is 86.5 Å². The zero-order valence-electron chi connectivity index (χ0n) is 18.6. The van der Waals surface area contributed by atoms with Gasteiger partial charge in [0.25, 0.3) is 0 Å². The van der Waals surface area contributed by atoms with Crippen LogP contribution >= 0.6 is 23.2 Å². The Morgan fingerprint density at radius 1 is 1.00 bits per heavy atom. The van der Waals surface area contributed by atoms with Crippen LogP contribution in [-0.4, -0.2) is 19.2 Å². The third-order valence-electron chi connectivity index (χ3n) is 5.09. The van der Waals surface area contributed by atoms with E-state index in [2.05, 4.69) is 0 Å². The fourth-order valence-electron chi connectivity index (χ4n) is 3.31. The quantitative estimate of drug-likeness (QED) is 0.284. The van der Waals surface area contributed by atoms with E-state index in [0.717, 1.165) is 5.56 Å². The standard InChI is InChI=1S/C26H20Cl2O6/c1-14-4-10-21-19(12-14)23(29)25(24(33-21)16-5-8-18(31-3)9-6-16)34-26(30)15(2)32-22-11-7-17(27)13-20(22)28/h4-13,15H,1-3H3. The van der Waals surface area contributed by atoms with Crippen molar-refractivity contribution >= 4 is 40.1 Å². The fraction of sp³-hybridized carbons (Fsp3) is 0.154. The highest BCUT2D eigenvalue weighted by Gasteiger charge is 2.25. The fourth-order valence-corrected chi connectivity index (χ4v) is 3.76. The molecule has 174 valence electrons. The number of aryl methyl sites for hydroxylation is 1. The van der Waals surface area contributed by atoms with Crippen LogP contribution in [0.3, 0.4) is 0 Å². The predicted octanol–water partition coefficient (Wildman–Crippen LogP) is 6.46. The lowest BCUT2D eigenvalue weighted by Gasteiger charge is -2.16. The largest absolute Gasteiger partial charge is 0.497 e. The van der Waals surface area contributed by atoms with E-state index in [0.29, 0.717) is 27.3 Å². The average Bonchev–Trinajstić information content (AvgIpc) is 2.82. The van der Waals surface area contributed by atoms with Gasteiger partial charge in [0.1, 0.15) is 17.1 Å². The molecule has 1 aromatic heterocycles. The molecule has 8 heteroatoms. The molecule has 3 aromatic carbocycles. The molecule has 0 radical (unpaired) electrons. The van der Waals surface area contributed by atoms with Gasteiger partial charge in [0.2, 0.25) is 11.2 Å². The van der Waals surface area contributed by atoms with Crippen LogP contribution in [0.2, 0.25) is 10.0 Å². The predicted molar refractivity (Wildman–Crippen MR) is 131 cm³/mol. The lowest BCUT2D eigenvalue weighted by atomic mass is 10.1. The van der Waals surface area contributed by atoms with Crippen LogP contribution in [0.15, 0.2) is 69.9 Å². The maximum Gasteiger partial charge on any atom is 0.352 e.